The predicted molar refractivity (Wildman–Crippen MR) is 58.2 cm³/mol. The molecule has 2 heterocycles. The molecular weight excluding hydrogens is 286 g/mol. The third-order valence-electron chi connectivity index (χ3n) is 1.21. The summed E-state index contributed by atoms with van der Waals surface area (Å²) >= 11 is 6.01. The molecule has 0 spiro atoms. The molecule has 5 nitrogen and oxygen atoms in total. The number of hydrogen-bond donors (Lipinski definition) is 1. The fourth-order valence-electron chi connectivity index (χ4n) is 0.745. The van der Waals surface area contributed by atoms with Crippen LogP contribution in [0.1, 0.15) is 0 Å². The highest BCUT2D eigenvalue weighted by Crippen LogP contribution is 2.26. The molecule has 2 rings (SSSR count). The van der Waals surface area contributed by atoms with Crippen molar-refractivity contribution in [2.45, 2.75) is 9.50 Å². The van der Waals surface area contributed by atoms with Crippen LogP contribution in [0.4, 0.5) is 5.82 Å². The van der Waals surface area contributed by atoms with Gasteiger partial charge in [-0.1, -0.05) is 11.3 Å². The molecule has 14 heavy (non-hydrogen) atoms. The minimum atomic E-state index is 0.430. The van der Waals surface area contributed by atoms with Crippen LogP contribution < -0.4 is 5.73 Å². The van der Waals surface area contributed by atoms with E-state index < -0.39 is 0 Å². The minimum absolute atomic E-state index is 0.430. The largest absolute Gasteiger partial charge is 0.384 e. The Hall–Kier alpha value is -0.730. The van der Waals surface area contributed by atoms with E-state index in [0.29, 0.717) is 15.6 Å². The van der Waals surface area contributed by atoms with E-state index in [1.807, 2.05) is 0 Å². The molecule has 0 fully saturated rings. The normalized spacial score (nSPS) is 10.4. The molecule has 0 amide bonds. The maximum Gasteiger partial charge on any atom is 0.197 e. The summed E-state index contributed by atoms with van der Waals surface area (Å²) in [5, 5.41) is 8.14. The third-order valence-corrected chi connectivity index (χ3v) is 3.26. The van der Waals surface area contributed by atoms with E-state index in [1.54, 1.807) is 11.6 Å². The Morgan fingerprint density at radius 3 is 2.93 bits per heavy atom. The molecule has 2 aromatic heterocycles. The van der Waals surface area contributed by atoms with Crippen LogP contribution in [0.2, 0.25) is 0 Å². The Morgan fingerprint density at radius 2 is 2.29 bits per heavy atom. The first-order valence-corrected chi connectivity index (χ1v) is 5.97. The summed E-state index contributed by atoms with van der Waals surface area (Å²) in [4.78, 5) is 8.18. The van der Waals surface area contributed by atoms with Gasteiger partial charge in [-0.05, 0) is 27.7 Å². The molecule has 0 atom stereocenters. The van der Waals surface area contributed by atoms with Crippen LogP contribution in [0.5, 0.6) is 0 Å². The van der Waals surface area contributed by atoms with Crippen molar-refractivity contribution >= 4 is 44.8 Å². The van der Waals surface area contributed by atoms with E-state index in [9.17, 15) is 0 Å². The van der Waals surface area contributed by atoms with Gasteiger partial charge in [0.15, 0.2) is 9.50 Å². The van der Waals surface area contributed by atoms with Gasteiger partial charge in [-0.25, -0.2) is 9.97 Å². The number of halogens is 1. The highest BCUT2D eigenvalue weighted by molar-refractivity contribution is 9.10. The van der Waals surface area contributed by atoms with Gasteiger partial charge in [0.25, 0.3) is 0 Å². The number of aromatic nitrogens is 4. The lowest BCUT2D eigenvalue weighted by Gasteiger charge is -1.98. The standard InChI is InChI=1S/C6H4BrN5S2/c7-3-1-4(8)11-5(10-3)14-6-12-9-2-13-6/h1-2H,(H2,8,10,11). The number of nitrogens with zero attached hydrogens (tertiary/aromatic N) is 4. The summed E-state index contributed by atoms with van der Waals surface area (Å²) in [7, 11) is 0. The first kappa shape index (κ1) is 9.81. The van der Waals surface area contributed by atoms with Crippen molar-refractivity contribution < 1.29 is 0 Å². The van der Waals surface area contributed by atoms with Gasteiger partial charge >= 0.3 is 0 Å². The molecule has 0 aliphatic carbocycles. The summed E-state index contributed by atoms with van der Waals surface area (Å²) in [6.45, 7) is 0. The summed E-state index contributed by atoms with van der Waals surface area (Å²) in [6, 6.07) is 1.64. The lowest BCUT2D eigenvalue weighted by atomic mass is 10.6. The Labute approximate surface area is 96.3 Å². The van der Waals surface area contributed by atoms with Crippen molar-refractivity contribution in [1.82, 2.24) is 20.2 Å². The Bertz CT molecular complexity index is 412. The second kappa shape index (κ2) is 4.20. The zero-order chi connectivity index (χ0) is 9.97. The Morgan fingerprint density at radius 1 is 1.43 bits per heavy atom. The van der Waals surface area contributed by atoms with Gasteiger partial charge in [-0.2, -0.15) is 0 Å². The predicted octanol–water partition coefficient (Wildman–Crippen LogP) is 1.82. The van der Waals surface area contributed by atoms with Crippen LogP contribution in [0.25, 0.3) is 0 Å². The molecular formula is C6H4BrN5S2. The van der Waals surface area contributed by atoms with Crippen LogP contribution in [0.15, 0.2) is 25.7 Å². The molecule has 72 valence electrons. The van der Waals surface area contributed by atoms with E-state index in [0.717, 1.165) is 4.34 Å². The highest BCUT2D eigenvalue weighted by Gasteiger charge is 2.05. The molecule has 0 radical (unpaired) electrons. The monoisotopic (exact) mass is 289 g/mol. The summed E-state index contributed by atoms with van der Waals surface area (Å²) < 4.78 is 1.46. The van der Waals surface area contributed by atoms with Crippen LogP contribution in [0.3, 0.4) is 0 Å². The molecule has 0 aliphatic rings. The van der Waals surface area contributed by atoms with Crippen molar-refractivity contribution in [3.05, 3.63) is 16.2 Å². The van der Waals surface area contributed by atoms with Gasteiger partial charge in [-0.15, -0.1) is 10.2 Å². The average molecular weight is 290 g/mol. The number of nitrogen functional groups attached to an aromatic ring is 1. The van der Waals surface area contributed by atoms with Gasteiger partial charge < -0.3 is 5.73 Å². The molecule has 0 bridgehead atoms. The fraction of sp³-hybridized carbons (Fsp3) is 0. The number of nitrogens with two attached hydrogens (primary N) is 1. The molecule has 0 aliphatic heterocycles. The molecule has 0 aromatic carbocycles. The first-order valence-electron chi connectivity index (χ1n) is 3.48. The van der Waals surface area contributed by atoms with Crippen LogP contribution in [-0.2, 0) is 0 Å². The zero-order valence-corrected chi connectivity index (χ0v) is 9.93. The first-order chi connectivity index (χ1) is 6.74. The van der Waals surface area contributed by atoms with Gasteiger partial charge in [-0.3, -0.25) is 0 Å². The van der Waals surface area contributed by atoms with E-state index in [2.05, 4.69) is 36.1 Å². The number of rotatable bonds is 2. The molecule has 0 saturated carbocycles. The Balaban J connectivity index is 2.25. The van der Waals surface area contributed by atoms with E-state index in [-0.39, 0.29) is 0 Å². The quantitative estimate of drug-likeness (QED) is 0.671. The lowest BCUT2D eigenvalue weighted by molar-refractivity contribution is 0.946. The van der Waals surface area contributed by atoms with E-state index >= 15 is 0 Å². The van der Waals surface area contributed by atoms with Gasteiger partial charge in [0.05, 0.1) is 0 Å². The Kier molecular flexibility index (Phi) is 2.94. The van der Waals surface area contributed by atoms with Crippen molar-refractivity contribution in [2.24, 2.45) is 0 Å². The smallest absolute Gasteiger partial charge is 0.197 e. The summed E-state index contributed by atoms with van der Waals surface area (Å²) in [5.41, 5.74) is 7.22. The van der Waals surface area contributed by atoms with Crippen molar-refractivity contribution in [3.8, 4) is 0 Å². The minimum Gasteiger partial charge on any atom is -0.384 e. The second-order valence-electron chi connectivity index (χ2n) is 2.20. The fourth-order valence-corrected chi connectivity index (χ4v) is 2.63. The number of anilines is 1. The molecule has 0 saturated heterocycles. The third kappa shape index (κ3) is 2.40. The van der Waals surface area contributed by atoms with E-state index in [1.165, 1.54) is 23.1 Å². The molecule has 8 heteroatoms. The van der Waals surface area contributed by atoms with E-state index in [4.69, 9.17) is 5.73 Å². The average Bonchev–Trinajstić information content (AvgIpc) is 2.54. The summed E-state index contributed by atoms with van der Waals surface area (Å²) in [6.07, 6.45) is 0. The maximum absolute atomic E-state index is 5.56. The van der Waals surface area contributed by atoms with Gasteiger partial charge in [0, 0.05) is 6.07 Å². The number of hydrogen-bond acceptors (Lipinski definition) is 7. The van der Waals surface area contributed by atoms with Crippen molar-refractivity contribution in [1.29, 1.82) is 0 Å². The molecule has 0 unspecified atom stereocenters. The topological polar surface area (TPSA) is 77.6 Å². The summed E-state index contributed by atoms with van der Waals surface area (Å²) in [5.74, 6) is 0.430. The van der Waals surface area contributed by atoms with Crippen molar-refractivity contribution in [2.75, 3.05) is 5.73 Å². The maximum atomic E-state index is 5.56. The zero-order valence-electron chi connectivity index (χ0n) is 6.72. The molecule has 2 N–H and O–H groups in total. The van der Waals surface area contributed by atoms with Gasteiger partial charge in [0.2, 0.25) is 0 Å². The SMILES string of the molecule is Nc1cc(Br)nc(Sc2nncs2)n1. The van der Waals surface area contributed by atoms with Crippen LogP contribution in [0, 0.1) is 0 Å². The highest BCUT2D eigenvalue weighted by atomic mass is 79.9. The lowest BCUT2D eigenvalue weighted by Crippen LogP contribution is -1.94. The molecule has 2 aromatic rings. The van der Waals surface area contributed by atoms with Crippen molar-refractivity contribution in [3.63, 3.8) is 0 Å². The second-order valence-corrected chi connectivity index (χ2v) is 5.06. The van der Waals surface area contributed by atoms with Crippen LogP contribution >= 0.6 is 39.0 Å². The van der Waals surface area contributed by atoms with Gasteiger partial charge in [0.1, 0.15) is 15.9 Å². The van der Waals surface area contributed by atoms with Crippen LogP contribution in [-0.4, -0.2) is 20.2 Å².